The zero-order chi connectivity index (χ0) is 22.9. The van der Waals surface area contributed by atoms with Crippen molar-refractivity contribution in [1.29, 1.82) is 0 Å². The maximum absolute atomic E-state index is 12.6. The fourth-order valence-electron chi connectivity index (χ4n) is 2.01. The predicted octanol–water partition coefficient (Wildman–Crippen LogP) is -0.925. The van der Waals surface area contributed by atoms with Crippen molar-refractivity contribution in [3.8, 4) is 0 Å². The van der Waals surface area contributed by atoms with E-state index in [2.05, 4.69) is 25.5 Å². The molecule has 5 N–H and O–H groups in total. The number of anilines is 1. The van der Waals surface area contributed by atoms with Gasteiger partial charge in [0.05, 0.1) is 0 Å². The summed E-state index contributed by atoms with van der Waals surface area (Å²) in [5.74, 6) is -3.83. The number of oxime groups is 1. The first-order valence-electron chi connectivity index (χ1n) is 7.66. The number of nitrogen functional groups attached to an aromatic ring is 1. The van der Waals surface area contributed by atoms with E-state index in [0.29, 0.717) is 0 Å². The van der Waals surface area contributed by atoms with Crippen molar-refractivity contribution in [1.82, 2.24) is 14.6 Å². The van der Waals surface area contributed by atoms with Crippen molar-refractivity contribution in [2.24, 2.45) is 10.3 Å². The van der Waals surface area contributed by atoms with Crippen LogP contribution in [0.25, 0.3) is 10.4 Å². The minimum atomic E-state index is -5.04. The third-order valence-corrected chi connectivity index (χ3v) is 5.15. The van der Waals surface area contributed by atoms with Crippen molar-refractivity contribution in [3.63, 3.8) is 0 Å². The molecule has 2 heterocycles. The Hall–Kier alpha value is -3.47. The highest BCUT2D eigenvalue weighted by atomic mass is 32.2. The molecule has 0 aliphatic carbocycles. The Morgan fingerprint density at radius 3 is 2.60 bits per heavy atom. The molecule has 0 aromatic carbocycles. The van der Waals surface area contributed by atoms with E-state index in [9.17, 15) is 22.8 Å². The number of nitrogens with zero attached hydrogens (tertiary/aromatic N) is 6. The van der Waals surface area contributed by atoms with E-state index >= 15 is 0 Å². The second kappa shape index (κ2) is 8.11. The Kier molecular flexibility index (Phi) is 6.17. The van der Waals surface area contributed by atoms with Gasteiger partial charge in [0.25, 0.3) is 11.8 Å². The molecule has 1 aromatic rings. The number of thiazole rings is 1. The summed E-state index contributed by atoms with van der Waals surface area (Å²) in [5, 5.41) is 19.0. The third kappa shape index (κ3) is 4.57. The Bertz CT molecular complexity index is 1070. The van der Waals surface area contributed by atoms with Crippen LogP contribution in [-0.2, 0) is 29.5 Å². The molecule has 1 saturated heterocycles. The molecule has 0 saturated carbocycles. The molecule has 162 valence electrons. The van der Waals surface area contributed by atoms with Gasteiger partial charge in [-0.2, -0.15) is 8.42 Å². The molecule has 0 bridgehead atoms. The highest BCUT2D eigenvalue weighted by Crippen LogP contribution is 2.25. The van der Waals surface area contributed by atoms with Gasteiger partial charge < -0.3 is 21.0 Å². The van der Waals surface area contributed by atoms with Crippen molar-refractivity contribution >= 4 is 50.3 Å². The molecule has 1 aliphatic rings. The number of carboxylic acid groups (broad SMARTS) is 1. The van der Waals surface area contributed by atoms with Crippen LogP contribution in [0.4, 0.5) is 5.13 Å². The minimum absolute atomic E-state index is 0.0345. The summed E-state index contributed by atoms with van der Waals surface area (Å²) < 4.78 is 31.3. The number of nitrogens with two attached hydrogens (primary N) is 1. The summed E-state index contributed by atoms with van der Waals surface area (Å²) in [6.45, 7) is 2.31. The maximum Gasteiger partial charge on any atom is 0.362 e. The third-order valence-electron chi connectivity index (χ3n) is 3.59. The number of β-lactam (4-membered cyclic amide) rings is 1. The lowest BCUT2D eigenvalue weighted by Gasteiger charge is -2.41. The van der Waals surface area contributed by atoms with Gasteiger partial charge in [0, 0.05) is 10.3 Å². The van der Waals surface area contributed by atoms with E-state index in [0.717, 1.165) is 25.2 Å². The molecule has 1 aliphatic heterocycles. The lowest BCUT2D eigenvalue weighted by atomic mass is 10.1. The van der Waals surface area contributed by atoms with Gasteiger partial charge in [-0.25, -0.2) is 14.1 Å². The Morgan fingerprint density at radius 1 is 1.50 bits per heavy atom. The Morgan fingerprint density at radius 2 is 2.13 bits per heavy atom. The number of rotatable bonds is 8. The van der Waals surface area contributed by atoms with Crippen LogP contribution in [0.2, 0.25) is 0 Å². The first-order valence-corrected chi connectivity index (χ1v) is 9.94. The average Bonchev–Trinajstić information content (AvgIpc) is 3.04. The van der Waals surface area contributed by atoms with Gasteiger partial charge >= 0.3 is 16.3 Å². The number of carbonyl (C=O) groups excluding carboxylic acids is 2. The topological polar surface area (TPSA) is 250 Å². The van der Waals surface area contributed by atoms with Gasteiger partial charge in [-0.3, -0.25) is 14.1 Å². The molecule has 18 heteroatoms. The monoisotopic (exact) mass is 462 g/mol. The zero-order valence-electron chi connectivity index (χ0n) is 15.2. The molecular formula is C12H14N8O8S2. The summed E-state index contributed by atoms with van der Waals surface area (Å²) in [6, 6.07) is -1.66. The van der Waals surface area contributed by atoms with Crippen molar-refractivity contribution in [3.05, 3.63) is 21.5 Å². The zero-order valence-corrected chi connectivity index (χ0v) is 16.8. The summed E-state index contributed by atoms with van der Waals surface area (Å²) in [5.41, 5.74) is 11.5. The second-order valence-corrected chi connectivity index (χ2v) is 8.28. The van der Waals surface area contributed by atoms with Gasteiger partial charge in [-0.05, 0) is 19.4 Å². The summed E-state index contributed by atoms with van der Waals surface area (Å²) in [7, 11) is -5.04. The Labute approximate surface area is 171 Å². The summed E-state index contributed by atoms with van der Waals surface area (Å²) in [4.78, 5) is 46.9. The van der Waals surface area contributed by atoms with Crippen LogP contribution in [0.3, 0.4) is 0 Å². The molecule has 16 nitrogen and oxygen atoms in total. The number of azide groups is 1. The smallest absolute Gasteiger partial charge is 0.362 e. The van der Waals surface area contributed by atoms with Crippen LogP contribution in [0.1, 0.15) is 19.5 Å². The molecule has 1 fully saturated rings. The fourth-order valence-corrected chi connectivity index (χ4v) is 3.34. The average molecular weight is 462 g/mol. The van der Waals surface area contributed by atoms with E-state index in [-0.39, 0.29) is 15.1 Å². The second-order valence-electron chi connectivity index (χ2n) is 6.10. The number of nitrogens with one attached hydrogen (secondary N) is 1. The SMILES string of the molecule is CC(C)(ON=C(C(=O)NC1C(=O)N(S(=O)(=O)O)C1N=[N+]=[N-])c1csc(N)n1)C(=O)O. The molecule has 2 rings (SSSR count). The lowest BCUT2D eigenvalue weighted by Crippen LogP contribution is -2.71. The molecule has 2 unspecified atom stereocenters. The lowest BCUT2D eigenvalue weighted by molar-refractivity contribution is -0.161. The molecule has 0 spiro atoms. The number of hydrogen-bond acceptors (Lipinski definition) is 11. The van der Waals surface area contributed by atoms with E-state index < -0.39 is 51.6 Å². The van der Waals surface area contributed by atoms with E-state index in [1.54, 1.807) is 0 Å². The van der Waals surface area contributed by atoms with Gasteiger partial charge in [0.2, 0.25) is 5.60 Å². The van der Waals surface area contributed by atoms with Crippen LogP contribution < -0.4 is 11.1 Å². The molecule has 1 aromatic heterocycles. The van der Waals surface area contributed by atoms with Crippen LogP contribution in [0.15, 0.2) is 15.7 Å². The largest absolute Gasteiger partial charge is 0.478 e. The van der Waals surface area contributed by atoms with Crippen molar-refractivity contribution in [2.75, 3.05) is 5.73 Å². The van der Waals surface area contributed by atoms with E-state index in [1.165, 1.54) is 5.38 Å². The number of amides is 2. The normalized spacial score (nSPS) is 19.5. The number of carbonyl (C=O) groups is 3. The van der Waals surface area contributed by atoms with E-state index in [4.69, 9.17) is 25.8 Å². The quantitative estimate of drug-likeness (QED) is 0.0702. The van der Waals surface area contributed by atoms with Crippen LogP contribution in [0.5, 0.6) is 0 Å². The van der Waals surface area contributed by atoms with Crippen molar-refractivity contribution < 1.29 is 37.3 Å². The first-order chi connectivity index (χ1) is 13.8. The molecular weight excluding hydrogens is 448 g/mol. The van der Waals surface area contributed by atoms with Crippen LogP contribution in [-0.4, -0.2) is 68.7 Å². The van der Waals surface area contributed by atoms with Gasteiger partial charge in [-0.1, -0.05) is 10.3 Å². The van der Waals surface area contributed by atoms with Crippen LogP contribution >= 0.6 is 11.3 Å². The maximum atomic E-state index is 12.6. The van der Waals surface area contributed by atoms with Gasteiger partial charge in [0.1, 0.15) is 11.7 Å². The van der Waals surface area contributed by atoms with Gasteiger partial charge in [-0.15, -0.1) is 11.3 Å². The highest BCUT2D eigenvalue weighted by Gasteiger charge is 2.54. The number of aliphatic carboxylic acids is 1. The standard InChI is InChI=1S/C12H14N8O8S2/c1-12(2,10(23)24)28-18-5(4-3-29-11(13)15-4)8(21)16-6-7(17-19-14)20(9(6)22)30(25,26)27/h3,6-7H,1-2H3,(H2,13,15)(H,16,21)(H,23,24)(H,25,26,27). The minimum Gasteiger partial charge on any atom is -0.478 e. The van der Waals surface area contributed by atoms with E-state index in [1.807, 2.05) is 0 Å². The number of hydrogen-bond donors (Lipinski definition) is 4. The number of carboxylic acids is 1. The van der Waals surface area contributed by atoms with Crippen LogP contribution in [0, 0.1) is 0 Å². The number of aromatic nitrogens is 1. The fraction of sp³-hybridized carbons (Fsp3) is 0.417. The highest BCUT2D eigenvalue weighted by molar-refractivity contribution is 7.84. The Balaban J connectivity index is 2.34. The van der Waals surface area contributed by atoms with Gasteiger partial charge in [0.15, 0.2) is 17.0 Å². The summed E-state index contributed by atoms with van der Waals surface area (Å²) in [6.07, 6.45) is -1.78. The predicted molar refractivity (Wildman–Crippen MR) is 99.1 cm³/mol. The molecule has 30 heavy (non-hydrogen) atoms. The van der Waals surface area contributed by atoms with Crippen molar-refractivity contribution in [2.45, 2.75) is 31.7 Å². The molecule has 2 amide bonds. The molecule has 0 radical (unpaired) electrons. The molecule has 2 atom stereocenters. The summed E-state index contributed by atoms with van der Waals surface area (Å²) >= 11 is 0.921. The first kappa shape index (κ1) is 22.8.